The molecule has 0 spiro atoms. The van der Waals surface area contributed by atoms with Crippen molar-refractivity contribution < 1.29 is 4.84 Å². The molecule has 82 valence electrons. The lowest BCUT2D eigenvalue weighted by Gasteiger charge is -2.24. The molecule has 0 aliphatic heterocycles. The Balaban J connectivity index is 2.29. The molecule has 0 heterocycles. The van der Waals surface area contributed by atoms with Crippen molar-refractivity contribution in [2.45, 2.75) is 38.5 Å². The van der Waals surface area contributed by atoms with Gasteiger partial charge in [-0.25, -0.2) is 5.90 Å². The van der Waals surface area contributed by atoms with E-state index in [0.717, 1.165) is 0 Å². The summed E-state index contributed by atoms with van der Waals surface area (Å²) in [5.41, 5.74) is 4.36. The van der Waals surface area contributed by atoms with E-state index in [9.17, 15) is 0 Å². The van der Waals surface area contributed by atoms with E-state index in [0.29, 0.717) is 6.61 Å². The number of nitrogens with two attached hydrogens (primary N) is 1. The van der Waals surface area contributed by atoms with Crippen molar-refractivity contribution in [2.75, 3.05) is 6.61 Å². The maximum Gasteiger partial charge on any atom is 0.0770 e. The number of rotatable bonds is 3. The van der Waals surface area contributed by atoms with Gasteiger partial charge in [0, 0.05) is 5.41 Å². The Morgan fingerprint density at radius 1 is 1.27 bits per heavy atom. The maximum absolute atomic E-state index is 5.16. The zero-order valence-electron chi connectivity index (χ0n) is 9.55. The van der Waals surface area contributed by atoms with E-state index in [2.05, 4.69) is 32.0 Å². The van der Waals surface area contributed by atoms with Gasteiger partial charge in [-0.3, -0.25) is 0 Å². The standard InChI is InChI=1S/C13H19NO/c1-13(2,9-15-14)12-7-6-10-4-3-5-11(10)8-12/h6-8H,3-5,9,14H2,1-2H3. The molecule has 0 radical (unpaired) electrons. The van der Waals surface area contributed by atoms with Gasteiger partial charge in [0.2, 0.25) is 0 Å². The molecule has 0 unspecified atom stereocenters. The van der Waals surface area contributed by atoms with Crippen molar-refractivity contribution >= 4 is 0 Å². The Kier molecular flexibility index (Phi) is 2.81. The van der Waals surface area contributed by atoms with E-state index in [1.807, 2.05) is 0 Å². The van der Waals surface area contributed by atoms with Gasteiger partial charge >= 0.3 is 0 Å². The first-order valence-electron chi connectivity index (χ1n) is 5.57. The fraction of sp³-hybridized carbons (Fsp3) is 0.538. The molecule has 1 aliphatic rings. The molecule has 1 aliphatic carbocycles. The molecule has 0 saturated heterocycles. The summed E-state index contributed by atoms with van der Waals surface area (Å²) in [5, 5.41) is 0. The molecule has 1 aromatic rings. The monoisotopic (exact) mass is 205 g/mol. The van der Waals surface area contributed by atoms with Crippen LogP contribution in [0.3, 0.4) is 0 Å². The molecule has 0 amide bonds. The summed E-state index contributed by atoms with van der Waals surface area (Å²) < 4.78 is 0. The number of aryl methyl sites for hydroxylation is 2. The van der Waals surface area contributed by atoms with E-state index in [-0.39, 0.29) is 5.41 Å². The molecule has 15 heavy (non-hydrogen) atoms. The van der Waals surface area contributed by atoms with Crippen LogP contribution in [0.25, 0.3) is 0 Å². The molecule has 2 N–H and O–H groups in total. The first-order chi connectivity index (χ1) is 7.13. The van der Waals surface area contributed by atoms with Crippen molar-refractivity contribution in [2.24, 2.45) is 5.90 Å². The summed E-state index contributed by atoms with van der Waals surface area (Å²) in [6.07, 6.45) is 3.76. The van der Waals surface area contributed by atoms with Crippen LogP contribution in [0.15, 0.2) is 18.2 Å². The van der Waals surface area contributed by atoms with Crippen LogP contribution in [0.5, 0.6) is 0 Å². The molecule has 2 nitrogen and oxygen atoms in total. The maximum atomic E-state index is 5.16. The molecule has 1 aromatic carbocycles. The molecule has 0 atom stereocenters. The number of hydrogen-bond acceptors (Lipinski definition) is 2. The lowest BCUT2D eigenvalue weighted by Crippen LogP contribution is -2.26. The SMILES string of the molecule is CC(C)(CON)c1ccc2c(c1)CCC2. The minimum absolute atomic E-state index is 0.00632. The highest BCUT2D eigenvalue weighted by molar-refractivity contribution is 5.38. The van der Waals surface area contributed by atoms with Gasteiger partial charge in [-0.15, -0.1) is 0 Å². The molecule has 0 bridgehead atoms. The largest absolute Gasteiger partial charge is 0.304 e. The van der Waals surface area contributed by atoms with Crippen LogP contribution in [0.4, 0.5) is 0 Å². The predicted octanol–water partition coefficient (Wildman–Crippen LogP) is 2.34. The Morgan fingerprint density at radius 3 is 2.73 bits per heavy atom. The summed E-state index contributed by atoms with van der Waals surface area (Å²) in [5.74, 6) is 5.16. The number of hydrogen-bond donors (Lipinski definition) is 1. The summed E-state index contributed by atoms with van der Waals surface area (Å²) in [7, 11) is 0. The van der Waals surface area contributed by atoms with Gasteiger partial charge in [0.05, 0.1) is 6.61 Å². The van der Waals surface area contributed by atoms with E-state index >= 15 is 0 Å². The normalized spacial score (nSPS) is 15.4. The van der Waals surface area contributed by atoms with Crippen LogP contribution in [-0.4, -0.2) is 6.61 Å². The highest BCUT2D eigenvalue weighted by atomic mass is 16.6. The van der Waals surface area contributed by atoms with Gasteiger partial charge < -0.3 is 4.84 Å². The zero-order chi connectivity index (χ0) is 10.9. The average Bonchev–Trinajstić information content (AvgIpc) is 2.63. The quantitative estimate of drug-likeness (QED) is 0.769. The van der Waals surface area contributed by atoms with Crippen molar-refractivity contribution in [3.63, 3.8) is 0 Å². The van der Waals surface area contributed by atoms with Gasteiger partial charge in [-0.2, -0.15) is 0 Å². The van der Waals surface area contributed by atoms with Crippen molar-refractivity contribution in [1.29, 1.82) is 0 Å². The van der Waals surface area contributed by atoms with Crippen LogP contribution in [0.2, 0.25) is 0 Å². The van der Waals surface area contributed by atoms with Crippen LogP contribution < -0.4 is 5.90 Å². The van der Waals surface area contributed by atoms with Crippen LogP contribution in [0, 0.1) is 0 Å². The van der Waals surface area contributed by atoms with E-state index in [1.165, 1.54) is 36.0 Å². The fourth-order valence-electron chi connectivity index (χ4n) is 2.28. The van der Waals surface area contributed by atoms with E-state index < -0.39 is 0 Å². The molecule has 0 aromatic heterocycles. The van der Waals surface area contributed by atoms with Crippen molar-refractivity contribution in [3.05, 3.63) is 34.9 Å². The Labute approximate surface area is 91.4 Å². The molecular weight excluding hydrogens is 186 g/mol. The summed E-state index contributed by atoms with van der Waals surface area (Å²) in [4.78, 5) is 4.78. The summed E-state index contributed by atoms with van der Waals surface area (Å²) >= 11 is 0. The van der Waals surface area contributed by atoms with E-state index in [1.54, 1.807) is 0 Å². The smallest absolute Gasteiger partial charge is 0.0770 e. The third kappa shape index (κ3) is 2.06. The van der Waals surface area contributed by atoms with Crippen LogP contribution in [-0.2, 0) is 23.1 Å². The topological polar surface area (TPSA) is 35.2 Å². The third-order valence-electron chi connectivity index (χ3n) is 3.32. The second-order valence-corrected chi connectivity index (χ2v) is 5.03. The first-order valence-corrected chi connectivity index (χ1v) is 5.57. The molecule has 0 fully saturated rings. The van der Waals surface area contributed by atoms with Gasteiger partial charge in [0.1, 0.15) is 0 Å². The van der Waals surface area contributed by atoms with Crippen molar-refractivity contribution in [1.82, 2.24) is 0 Å². The van der Waals surface area contributed by atoms with Crippen LogP contribution >= 0.6 is 0 Å². The minimum Gasteiger partial charge on any atom is -0.304 e. The second kappa shape index (κ2) is 3.95. The van der Waals surface area contributed by atoms with Gasteiger partial charge in [0.15, 0.2) is 0 Å². The van der Waals surface area contributed by atoms with Gasteiger partial charge in [-0.05, 0) is 36.0 Å². The predicted molar refractivity (Wildman–Crippen MR) is 61.6 cm³/mol. The van der Waals surface area contributed by atoms with Crippen molar-refractivity contribution in [3.8, 4) is 0 Å². The first kappa shape index (κ1) is 10.7. The number of fused-ring (bicyclic) bond motifs is 1. The zero-order valence-corrected chi connectivity index (χ0v) is 9.55. The number of benzene rings is 1. The minimum atomic E-state index is 0.00632. The summed E-state index contributed by atoms with van der Waals surface area (Å²) in [6.45, 7) is 4.89. The highest BCUT2D eigenvalue weighted by Crippen LogP contribution is 2.29. The Bertz CT molecular complexity index is 358. The lowest BCUT2D eigenvalue weighted by molar-refractivity contribution is 0.0964. The second-order valence-electron chi connectivity index (χ2n) is 5.03. The highest BCUT2D eigenvalue weighted by Gasteiger charge is 2.22. The third-order valence-corrected chi connectivity index (χ3v) is 3.32. The summed E-state index contributed by atoms with van der Waals surface area (Å²) in [6, 6.07) is 6.79. The van der Waals surface area contributed by atoms with Gasteiger partial charge in [0.25, 0.3) is 0 Å². The van der Waals surface area contributed by atoms with E-state index in [4.69, 9.17) is 10.7 Å². The average molecular weight is 205 g/mol. The molecular formula is C13H19NO. The fourth-order valence-corrected chi connectivity index (χ4v) is 2.28. The molecule has 2 rings (SSSR count). The van der Waals surface area contributed by atoms with Crippen LogP contribution in [0.1, 0.15) is 37.0 Å². The van der Waals surface area contributed by atoms with Gasteiger partial charge in [-0.1, -0.05) is 32.0 Å². The Morgan fingerprint density at radius 2 is 2.00 bits per heavy atom. The molecule has 2 heteroatoms. The molecule has 0 saturated carbocycles. The lowest BCUT2D eigenvalue weighted by atomic mass is 9.84. The Hall–Kier alpha value is -0.860.